The molecule has 0 amide bonds. The van der Waals surface area contributed by atoms with E-state index >= 15 is 0 Å². The first-order valence-corrected chi connectivity index (χ1v) is 5.11. The minimum Gasteiger partial charge on any atom is -0.477 e. The number of hydrogen-bond donors (Lipinski definition) is 2. The molecule has 0 aromatic carbocycles. The van der Waals surface area contributed by atoms with Crippen molar-refractivity contribution >= 4 is 27.3 Å². The van der Waals surface area contributed by atoms with Gasteiger partial charge >= 0.3 is 11.9 Å². The number of carbonyl (C=O) groups is 2. The predicted octanol–water partition coefficient (Wildman–Crippen LogP) is 0.637. The van der Waals surface area contributed by atoms with Gasteiger partial charge in [0, 0.05) is 0 Å². The number of hydrogen-bond acceptors (Lipinski definition) is 2. The standard InChI is InChI=1S/C7H12O4S/c1-3-12(4-2)5(6(8)9)7(10)11/h3-4H2,1-2H3,(H,8,9)(H,10,11). The summed E-state index contributed by atoms with van der Waals surface area (Å²) in [5, 5.41) is 17.1. The molecule has 0 aliphatic carbocycles. The SMILES string of the molecule is CCS(CC)=C(C(=O)O)C(=O)O. The number of rotatable bonds is 4. The normalized spacial score (nSPS) is 9.92. The van der Waals surface area contributed by atoms with E-state index in [-0.39, 0.29) is 4.86 Å². The molecule has 0 aliphatic heterocycles. The molecular weight excluding hydrogens is 180 g/mol. The molecule has 0 unspecified atom stereocenters. The average Bonchev–Trinajstić information content (AvgIpc) is 1.98. The van der Waals surface area contributed by atoms with E-state index in [0.717, 1.165) is 0 Å². The predicted molar refractivity (Wildman–Crippen MR) is 49.0 cm³/mol. The molecule has 5 heteroatoms. The highest BCUT2D eigenvalue weighted by molar-refractivity contribution is 8.17. The van der Waals surface area contributed by atoms with Crippen molar-refractivity contribution in [2.24, 2.45) is 0 Å². The maximum absolute atomic E-state index is 10.5. The highest BCUT2D eigenvalue weighted by atomic mass is 32.2. The molecule has 4 nitrogen and oxygen atoms in total. The topological polar surface area (TPSA) is 74.6 Å². The van der Waals surface area contributed by atoms with Crippen molar-refractivity contribution in [3.63, 3.8) is 0 Å². The Kier molecular flexibility index (Phi) is 4.58. The van der Waals surface area contributed by atoms with Gasteiger partial charge in [0.2, 0.25) is 0 Å². The van der Waals surface area contributed by atoms with Crippen LogP contribution < -0.4 is 0 Å². The van der Waals surface area contributed by atoms with Crippen LogP contribution in [0.2, 0.25) is 0 Å². The van der Waals surface area contributed by atoms with Crippen LogP contribution in [0.1, 0.15) is 13.8 Å². The molecule has 0 aromatic heterocycles. The van der Waals surface area contributed by atoms with Gasteiger partial charge < -0.3 is 10.2 Å². The van der Waals surface area contributed by atoms with E-state index < -0.39 is 22.4 Å². The Morgan fingerprint density at radius 2 is 1.42 bits per heavy atom. The molecule has 0 spiro atoms. The third-order valence-electron chi connectivity index (χ3n) is 1.37. The first-order chi connectivity index (χ1) is 5.54. The summed E-state index contributed by atoms with van der Waals surface area (Å²) in [6.07, 6.45) is 0. The van der Waals surface area contributed by atoms with Gasteiger partial charge in [-0.05, 0) is 11.5 Å². The van der Waals surface area contributed by atoms with E-state index in [9.17, 15) is 9.59 Å². The molecule has 0 radical (unpaired) electrons. The number of carboxylic acid groups (broad SMARTS) is 2. The van der Waals surface area contributed by atoms with Crippen molar-refractivity contribution in [1.29, 1.82) is 0 Å². The summed E-state index contributed by atoms with van der Waals surface area (Å²) in [6, 6.07) is 0. The summed E-state index contributed by atoms with van der Waals surface area (Å²) in [6.45, 7) is 3.58. The highest BCUT2D eigenvalue weighted by Crippen LogP contribution is 2.14. The van der Waals surface area contributed by atoms with Crippen LogP contribution in [0.3, 0.4) is 0 Å². The highest BCUT2D eigenvalue weighted by Gasteiger charge is 2.19. The number of aliphatic carboxylic acids is 2. The van der Waals surface area contributed by atoms with Gasteiger partial charge in [-0.3, -0.25) is 0 Å². The summed E-state index contributed by atoms with van der Waals surface area (Å²) in [4.78, 5) is 20.6. The lowest BCUT2D eigenvalue weighted by Gasteiger charge is -2.05. The summed E-state index contributed by atoms with van der Waals surface area (Å²) in [5.41, 5.74) is 0. The first-order valence-electron chi connectivity index (χ1n) is 3.55. The van der Waals surface area contributed by atoms with Gasteiger partial charge in [0.05, 0.1) is 0 Å². The minimum atomic E-state index is -1.31. The van der Waals surface area contributed by atoms with Crippen molar-refractivity contribution in [3.05, 3.63) is 0 Å². The molecule has 0 saturated carbocycles. The van der Waals surface area contributed by atoms with E-state index in [0.29, 0.717) is 11.5 Å². The fraction of sp³-hybridized carbons (Fsp3) is 0.571. The van der Waals surface area contributed by atoms with Crippen LogP contribution in [0.15, 0.2) is 0 Å². The van der Waals surface area contributed by atoms with Gasteiger partial charge in [0.15, 0.2) is 4.86 Å². The smallest absolute Gasteiger partial charge is 0.348 e. The van der Waals surface area contributed by atoms with E-state index in [1.54, 1.807) is 13.8 Å². The van der Waals surface area contributed by atoms with E-state index in [4.69, 9.17) is 10.2 Å². The first kappa shape index (κ1) is 11.2. The van der Waals surface area contributed by atoms with Crippen LogP contribution in [-0.4, -0.2) is 38.5 Å². The molecule has 0 fully saturated rings. The van der Waals surface area contributed by atoms with Crippen molar-refractivity contribution < 1.29 is 19.8 Å². The Morgan fingerprint density at radius 3 is 1.50 bits per heavy atom. The van der Waals surface area contributed by atoms with E-state index in [1.165, 1.54) is 0 Å². The van der Waals surface area contributed by atoms with Gasteiger partial charge in [-0.1, -0.05) is 13.8 Å². The molecule has 0 bridgehead atoms. The number of carboxylic acids is 2. The second kappa shape index (κ2) is 4.92. The summed E-state index contributed by atoms with van der Waals surface area (Å²) in [5.74, 6) is -1.47. The zero-order valence-electron chi connectivity index (χ0n) is 7.03. The lowest BCUT2D eigenvalue weighted by atomic mass is 10.4. The second-order valence-corrected chi connectivity index (χ2v) is 4.56. The zero-order chi connectivity index (χ0) is 9.72. The molecular formula is C7H12O4S. The molecule has 0 saturated heterocycles. The third-order valence-corrected chi connectivity index (χ3v) is 3.69. The van der Waals surface area contributed by atoms with Crippen molar-refractivity contribution in [3.8, 4) is 0 Å². The molecule has 0 aliphatic rings. The lowest BCUT2D eigenvalue weighted by molar-refractivity contribution is -0.134. The zero-order valence-corrected chi connectivity index (χ0v) is 7.85. The quantitative estimate of drug-likeness (QED) is 0.506. The van der Waals surface area contributed by atoms with Gasteiger partial charge in [-0.15, -0.1) is 0 Å². The molecule has 70 valence electrons. The lowest BCUT2D eigenvalue weighted by Crippen LogP contribution is -2.24. The average molecular weight is 192 g/mol. The van der Waals surface area contributed by atoms with Gasteiger partial charge in [0.1, 0.15) is 0 Å². The molecule has 12 heavy (non-hydrogen) atoms. The van der Waals surface area contributed by atoms with Crippen LogP contribution >= 0.6 is 10.5 Å². The van der Waals surface area contributed by atoms with Crippen LogP contribution in [0, 0.1) is 0 Å². The fourth-order valence-corrected chi connectivity index (χ4v) is 2.31. The maximum atomic E-state index is 10.5. The molecule has 0 atom stereocenters. The maximum Gasteiger partial charge on any atom is 0.348 e. The van der Waals surface area contributed by atoms with Crippen molar-refractivity contribution in [1.82, 2.24) is 0 Å². The van der Waals surface area contributed by atoms with E-state index in [2.05, 4.69) is 0 Å². The molecule has 2 N–H and O–H groups in total. The molecule has 0 aromatic rings. The largest absolute Gasteiger partial charge is 0.477 e. The van der Waals surface area contributed by atoms with Gasteiger partial charge in [0.25, 0.3) is 0 Å². The summed E-state index contributed by atoms with van der Waals surface area (Å²) >= 11 is 0. The van der Waals surface area contributed by atoms with Crippen molar-refractivity contribution in [2.75, 3.05) is 11.5 Å². The monoisotopic (exact) mass is 192 g/mol. The van der Waals surface area contributed by atoms with Gasteiger partial charge in [-0.25, -0.2) is 9.59 Å². The summed E-state index contributed by atoms with van der Waals surface area (Å²) in [7, 11) is -0.619. The summed E-state index contributed by atoms with van der Waals surface area (Å²) < 4.78 is 0. The van der Waals surface area contributed by atoms with Crippen LogP contribution in [0.25, 0.3) is 0 Å². The Hall–Kier alpha value is -0.840. The van der Waals surface area contributed by atoms with Crippen LogP contribution in [-0.2, 0) is 9.59 Å². The van der Waals surface area contributed by atoms with E-state index in [1.807, 2.05) is 0 Å². The van der Waals surface area contributed by atoms with Gasteiger partial charge in [-0.2, -0.15) is 10.5 Å². The third kappa shape index (κ3) is 2.65. The fourth-order valence-electron chi connectivity index (χ4n) is 0.831. The second-order valence-electron chi connectivity index (χ2n) is 2.01. The molecule has 0 heterocycles. The Morgan fingerprint density at radius 1 is 1.08 bits per heavy atom. The Balaban J connectivity index is 5.03. The Labute approximate surface area is 73.1 Å². The minimum absolute atomic E-state index is 0.375. The van der Waals surface area contributed by atoms with Crippen LogP contribution in [0.5, 0.6) is 0 Å². The Bertz CT molecular complexity index is 210. The molecule has 0 rings (SSSR count). The van der Waals surface area contributed by atoms with Crippen molar-refractivity contribution in [2.45, 2.75) is 13.8 Å². The van der Waals surface area contributed by atoms with Crippen LogP contribution in [0.4, 0.5) is 0 Å².